The van der Waals surface area contributed by atoms with Crippen molar-refractivity contribution in [2.24, 2.45) is 0 Å². The second-order valence-corrected chi connectivity index (χ2v) is 6.39. The van der Waals surface area contributed by atoms with Crippen molar-refractivity contribution in [1.82, 2.24) is 15.8 Å². The Kier molecular flexibility index (Phi) is 4.86. The summed E-state index contributed by atoms with van der Waals surface area (Å²) < 4.78 is 0. The van der Waals surface area contributed by atoms with E-state index in [-0.39, 0.29) is 11.8 Å². The lowest BCUT2D eigenvalue weighted by Gasteiger charge is -2.10. The zero-order valence-electron chi connectivity index (χ0n) is 13.1. The molecule has 0 fully saturated rings. The van der Waals surface area contributed by atoms with Crippen LogP contribution in [0.5, 0.6) is 0 Å². The van der Waals surface area contributed by atoms with Gasteiger partial charge in [-0.25, -0.2) is 0 Å². The van der Waals surface area contributed by atoms with Gasteiger partial charge >= 0.3 is 0 Å². The number of aromatic amines is 1. The number of thioether (sulfide) groups is 1. The van der Waals surface area contributed by atoms with Gasteiger partial charge in [0, 0.05) is 22.0 Å². The SMILES string of the molecule is CCSc1ccccc1C(=O)NNC(=O)c1c[nH]c2ccccc12. The minimum atomic E-state index is -0.360. The Bertz CT molecular complexity index is 889. The minimum Gasteiger partial charge on any atom is -0.360 e. The van der Waals surface area contributed by atoms with Crippen LogP contribution in [-0.4, -0.2) is 22.6 Å². The van der Waals surface area contributed by atoms with E-state index in [2.05, 4.69) is 15.8 Å². The number of H-pyrrole nitrogens is 1. The molecule has 1 heterocycles. The normalized spacial score (nSPS) is 10.5. The van der Waals surface area contributed by atoms with Crippen LogP contribution in [-0.2, 0) is 0 Å². The summed E-state index contributed by atoms with van der Waals surface area (Å²) in [6.07, 6.45) is 1.63. The molecule has 0 atom stereocenters. The average Bonchev–Trinajstić information content (AvgIpc) is 3.04. The van der Waals surface area contributed by atoms with Gasteiger partial charge in [-0.2, -0.15) is 0 Å². The Labute approximate surface area is 143 Å². The van der Waals surface area contributed by atoms with Crippen LogP contribution in [0.3, 0.4) is 0 Å². The fourth-order valence-electron chi connectivity index (χ4n) is 2.44. The Morgan fingerprint density at radius 1 is 0.958 bits per heavy atom. The molecule has 6 heteroatoms. The van der Waals surface area contributed by atoms with Crippen molar-refractivity contribution in [2.75, 3.05) is 5.75 Å². The second-order valence-electron chi connectivity index (χ2n) is 5.09. The van der Waals surface area contributed by atoms with E-state index in [9.17, 15) is 9.59 Å². The molecular formula is C18H17N3O2S. The molecule has 24 heavy (non-hydrogen) atoms. The fourth-order valence-corrected chi connectivity index (χ4v) is 3.25. The first kappa shape index (κ1) is 16.1. The Morgan fingerprint density at radius 3 is 2.42 bits per heavy atom. The summed E-state index contributed by atoms with van der Waals surface area (Å²) >= 11 is 1.59. The molecule has 0 spiro atoms. The van der Waals surface area contributed by atoms with Crippen molar-refractivity contribution in [3.8, 4) is 0 Å². The first-order chi connectivity index (χ1) is 11.7. The zero-order chi connectivity index (χ0) is 16.9. The van der Waals surface area contributed by atoms with Gasteiger partial charge in [0.2, 0.25) is 0 Å². The van der Waals surface area contributed by atoms with Crippen LogP contribution in [0.4, 0.5) is 0 Å². The smallest absolute Gasteiger partial charge is 0.271 e. The number of para-hydroxylation sites is 1. The Hall–Kier alpha value is -2.73. The number of fused-ring (bicyclic) bond motifs is 1. The number of rotatable bonds is 4. The molecule has 0 saturated carbocycles. The highest BCUT2D eigenvalue weighted by Crippen LogP contribution is 2.22. The number of carbonyl (C=O) groups excluding carboxylic acids is 2. The van der Waals surface area contributed by atoms with E-state index in [0.29, 0.717) is 11.1 Å². The van der Waals surface area contributed by atoms with Gasteiger partial charge in [-0.15, -0.1) is 11.8 Å². The van der Waals surface area contributed by atoms with E-state index in [1.807, 2.05) is 43.3 Å². The summed E-state index contributed by atoms with van der Waals surface area (Å²) in [7, 11) is 0. The number of hydrogen-bond acceptors (Lipinski definition) is 3. The highest BCUT2D eigenvalue weighted by molar-refractivity contribution is 7.99. The number of nitrogens with one attached hydrogen (secondary N) is 3. The number of benzene rings is 2. The molecule has 2 amide bonds. The molecule has 0 aliphatic rings. The number of carbonyl (C=O) groups is 2. The average molecular weight is 339 g/mol. The maximum atomic E-state index is 12.3. The van der Waals surface area contributed by atoms with Crippen LogP contribution in [0.25, 0.3) is 10.9 Å². The van der Waals surface area contributed by atoms with Crippen molar-refractivity contribution in [2.45, 2.75) is 11.8 Å². The topological polar surface area (TPSA) is 74.0 Å². The van der Waals surface area contributed by atoms with Crippen molar-refractivity contribution in [3.05, 3.63) is 65.9 Å². The van der Waals surface area contributed by atoms with Gasteiger partial charge in [0.05, 0.1) is 11.1 Å². The van der Waals surface area contributed by atoms with Gasteiger partial charge in [0.25, 0.3) is 11.8 Å². The molecule has 0 aliphatic heterocycles. The van der Waals surface area contributed by atoms with Crippen molar-refractivity contribution < 1.29 is 9.59 Å². The van der Waals surface area contributed by atoms with E-state index in [1.165, 1.54) is 0 Å². The molecule has 3 N–H and O–H groups in total. The molecule has 122 valence electrons. The molecule has 0 bridgehead atoms. The number of amides is 2. The van der Waals surface area contributed by atoms with Crippen LogP contribution in [0.2, 0.25) is 0 Å². The lowest BCUT2D eigenvalue weighted by Crippen LogP contribution is -2.41. The van der Waals surface area contributed by atoms with Gasteiger partial charge in [-0.3, -0.25) is 20.4 Å². The molecule has 2 aromatic carbocycles. The quantitative estimate of drug-likeness (QED) is 0.504. The van der Waals surface area contributed by atoms with Gasteiger partial charge in [-0.1, -0.05) is 37.3 Å². The van der Waals surface area contributed by atoms with Gasteiger partial charge < -0.3 is 4.98 Å². The highest BCUT2D eigenvalue weighted by atomic mass is 32.2. The number of aromatic nitrogens is 1. The molecular weight excluding hydrogens is 322 g/mol. The monoisotopic (exact) mass is 339 g/mol. The summed E-state index contributed by atoms with van der Waals surface area (Å²) in [5.41, 5.74) is 6.87. The Morgan fingerprint density at radius 2 is 1.62 bits per heavy atom. The van der Waals surface area contributed by atoms with Gasteiger partial charge in [0.15, 0.2) is 0 Å². The molecule has 0 saturated heterocycles. The maximum absolute atomic E-state index is 12.3. The summed E-state index contributed by atoms with van der Waals surface area (Å²) in [6.45, 7) is 2.03. The van der Waals surface area contributed by atoms with E-state index in [0.717, 1.165) is 21.6 Å². The number of hydrazine groups is 1. The van der Waals surface area contributed by atoms with Crippen LogP contribution in [0.1, 0.15) is 27.6 Å². The third-order valence-corrected chi connectivity index (χ3v) is 4.51. The molecule has 3 aromatic rings. The third kappa shape index (κ3) is 3.28. The summed E-state index contributed by atoms with van der Waals surface area (Å²) in [5, 5.41) is 0.811. The predicted molar refractivity (Wildman–Crippen MR) is 96.1 cm³/mol. The van der Waals surface area contributed by atoms with E-state index in [1.54, 1.807) is 30.1 Å². The summed E-state index contributed by atoms with van der Waals surface area (Å²) in [6, 6.07) is 14.8. The third-order valence-electron chi connectivity index (χ3n) is 3.55. The van der Waals surface area contributed by atoms with Crippen LogP contribution >= 0.6 is 11.8 Å². The van der Waals surface area contributed by atoms with Gasteiger partial charge in [0.1, 0.15) is 0 Å². The fraction of sp³-hybridized carbons (Fsp3) is 0.111. The minimum absolute atomic E-state index is 0.334. The molecule has 0 unspecified atom stereocenters. The predicted octanol–water partition coefficient (Wildman–Crippen LogP) is 3.35. The van der Waals surface area contributed by atoms with E-state index >= 15 is 0 Å². The standard InChI is InChI=1S/C18H17N3O2S/c1-2-24-16-10-6-4-8-13(16)17(22)20-21-18(23)14-11-19-15-9-5-3-7-12(14)15/h3-11,19H,2H2,1H3,(H,20,22)(H,21,23). The second kappa shape index (κ2) is 7.23. The van der Waals surface area contributed by atoms with E-state index < -0.39 is 0 Å². The molecule has 3 rings (SSSR count). The van der Waals surface area contributed by atoms with Crippen LogP contribution in [0.15, 0.2) is 59.6 Å². The first-order valence-electron chi connectivity index (χ1n) is 7.59. The van der Waals surface area contributed by atoms with Crippen molar-refractivity contribution in [3.63, 3.8) is 0 Å². The van der Waals surface area contributed by atoms with Gasteiger partial charge in [-0.05, 0) is 24.0 Å². The summed E-state index contributed by atoms with van der Waals surface area (Å²) in [4.78, 5) is 28.6. The Balaban J connectivity index is 1.71. The first-order valence-corrected chi connectivity index (χ1v) is 8.58. The van der Waals surface area contributed by atoms with E-state index in [4.69, 9.17) is 0 Å². The highest BCUT2D eigenvalue weighted by Gasteiger charge is 2.14. The lowest BCUT2D eigenvalue weighted by atomic mass is 10.2. The van der Waals surface area contributed by atoms with Crippen LogP contribution < -0.4 is 10.9 Å². The largest absolute Gasteiger partial charge is 0.360 e. The lowest BCUT2D eigenvalue weighted by molar-refractivity contribution is 0.0846. The zero-order valence-corrected chi connectivity index (χ0v) is 13.9. The number of hydrogen-bond donors (Lipinski definition) is 3. The van der Waals surface area contributed by atoms with Crippen molar-refractivity contribution >= 4 is 34.5 Å². The maximum Gasteiger partial charge on any atom is 0.271 e. The molecule has 0 aliphatic carbocycles. The summed E-state index contributed by atoms with van der Waals surface area (Å²) in [5.74, 6) is 0.174. The molecule has 5 nitrogen and oxygen atoms in total. The van der Waals surface area contributed by atoms with Crippen molar-refractivity contribution in [1.29, 1.82) is 0 Å². The molecule has 1 aromatic heterocycles. The van der Waals surface area contributed by atoms with Crippen LogP contribution in [0, 0.1) is 0 Å². The molecule has 0 radical (unpaired) electrons.